The van der Waals surface area contributed by atoms with E-state index in [1.54, 1.807) is 17.0 Å². The van der Waals surface area contributed by atoms with Crippen LogP contribution >= 0.6 is 0 Å². The SMILES string of the molecule is CC1CN(C(=O)c2cccc(S(=O)(=O)N3CCCCC3)c2)CCC1C(=O)O. The molecule has 0 aromatic heterocycles. The van der Waals surface area contributed by atoms with Crippen molar-refractivity contribution in [1.82, 2.24) is 9.21 Å². The van der Waals surface area contributed by atoms with Gasteiger partial charge >= 0.3 is 5.97 Å². The molecular weight excluding hydrogens is 368 g/mol. The summed E-state index contributed by atoms with van der Waals surface area (Å²) in [6.07, 6.45) is 3.16. The van der Waals surface area contributed by atoms with Gasteiger partial charge in [-0.05, 0) is 43.4 Å². The molecule has 2 atom stereocenters. The monoisotopic (exact) mass is 394 g/mol. The lowest BCUT2D eigenvalue weighted by molar-refractivity contribution is -0.145. The Morgan fingerprint density at radius 2 is 1.81 bits per heavy atom. The van der Waals surface area contributed by atoms with Gasteiger partial charge in [0.2, 0.25) is 10.0 Å². The average Bonchev–Trinajstić information content (AvgIpc) is 2.67. The molecular formula is C19H26N2O5S. The molecule has 1 N–H and O–H groups in total. The molecule has 0 radical (unpaired) electrons. The van der Waals surface area contributed by atoms with Crippen LogP contribution < -0.4 is 0 Å². The van der Waals surface area contributed by atoms with Crippen molar-refractivity contribution in [1.29, 1.82) is 0 Å². The van der Waals surface area contributed by atoms with Gasteiger partial charge < -0.3 is 10.0 Å². The molecule has 0 saturated carbocycles. The number of carboxylic acid groups (broad SMARTS) is 1. The smallest absolute Gasteiger partial charge is 0.306 e. The molecule has 7 nitrogen and oxygen atoms in total. The molecule has 8 heteroatoms. The first kappa shape index (κ1) is 19.8. The topological polar surface area (TPSA) is 95.0 Å². The number of carboxylic acids is 1. The molecule has 3 rings (SSSR count). The van der Waals surface area contributed by atoms with E-state index in [0.717, 1.165) is 19.3 Å². The predicted molar refractivity (Wildman–Crippen MR) is 99.9 cm³/mol. The Morgan fingerprint density at radius 1 is 1.11 bits per heavy atom. The molecule has 148 valence electrons. The highest BCUT2D eigenvalue weighted by Gasteiger charge is 2.34. The van der Waals surface area contributed by atoms with Gasteiger partial charge in [-0.3, -0.25) is 9.59 Å². The van der Waals surface area contributed by atoms with Gasteiger partial charge in [-0.1, -0.05) is 19.4 Å². The van der Waals surface area contributed by atoms with Crippen LogP contribution in [0.2, 0.25) is 0 Å². The van der Waals surface area contributed by atoms with Crippen molar-refractivity contribution < 1.29 is 23.1 Å². The van der Waals surface area contributed by atoms with Crippen LogP contribution in [0, 0.1) is 11.8 Å². The zero-order valence-corrected chi connectivity index (χ0v) is 16.3. The average molecular weight is 394 g/mol. The summed E-state index contributed by atoms with van der Waals surface area (Å²) >= 11 is 0. The Bertz CT molecular complexity index is 817. The molecule has 1 aromatic rings. The van der Waals surface area contributed by atoms with Gasteiger partial charge in [-0.15, -0.1) is 0 Å². The fraction of sp³-hybridized carbons (Fsp3) is 0.579. The highest BCUT2D eigenvalue weighted by atomic mass is 32.2. The van der Waals surface area contributed by atoms with Crippen LogP contribution in [0.4, 0.5) is 0 Å². The fourth-order valence-electron chi connectivity index (χ4n) is 3.92. The van der Waals surface area contributed by atoms with Crippen LogP contribution in [0.5, 0.6) is 0 Å². The Balaban J connectivity index is 1.77. The summed E-state index contributed by atoms with van der Waals surface area (Å²) in [7, 11) is -3.59. The number of piperidine rings is 2. The largest absolute Gasteiger partial charge is 0.481 e. The number of rotatable bonds is 4. The number of hydrogen-bond donors (Lipinski definition) is 1. The van der Waals surface area contributed by atoms with E-state index in [2.05, 4.69) is 0 Å². The number of amides is 1. The van der Waals surface area contributed by atoms with Gasteiger partial charge in [0.15, 0.2) is 0 Å². The molecule has 2 saturated heterocycles. The lowest BCUT2D eigenvalue weighted by atomic mass is 9.87. The molecule has 2 aliphatic heterocycles. The molecule has 2 aliphatic rings. The van der Waals surface area contributed by atoms with Gasteiger partial charge in [-0.25, -0.2) is 8.42 Å². The molecule has 1 amide bonds. The van der Waals surface area contributed by atoms with Crippen LogP contribution in [-0.2, 0) is 14.8 Å². The van der Waals surface area contributed by atoms with Crippen molar-refractivity contribution in [3.05, 3.63) is 29.8 Å². The molecule has 27 heavy (non-hydrogen) atoms. The Morgan fingerprint density at radius 3 is 2.44 bits per heavy atom. The van der Waals surface area contributed by atoms with Crippen LogP contribution in [0.1, 0.15) is 43.0 Å². The number of aliphatic carboxylic acids is 1. The van der Waals surface area contributed by atoms with Crippen molar-refractivity contribution in [2.24, 2.45) is 11.8 Å². The number of carbonyl (C=O) groups is 2. The van der Waals surface area contributed by atoms with Gasteiger partial charge in [0.25, 0.3) is 5.91 Å². The number of likely N-dealkylation sites (tertiary alicyclic amines) is 1. The summed E-state index contributed by atoms with van der Waals surface area (Å²) in [6.45, 7) is 3.58. The third kappa shape index (κ3) is 4.16. The van der Waals surface area contributed by atoms with E-state index in [9.17, 15) is 23.1 Å². The molecule has 2 unspecified atom stereocenters. The van der Waals surface area contributed by atoms with E-state index in [4.69, 9.17) is 0 Å². The third-order valence-corrected chi connectivity index (χ3v) is 7.44. The Kier molecular flexibility index (Phi) is 5.86. The zero-order valence-electron chi connectivity index (χ0n) is 15.5. The normalized spacial score (nSPS) is 24.6. The maximum atomic E-state index is 12.8. The van der Waals surface area contributed by atoms with Crippen molar-refractivity contribution in [2.75, 3.05) is 26.2 Å². The molecule has 0 aliphatic carbocycles. The van der Waals surface area contributed by atoms with Crippen molar-refractivity contribution in [3.8, 4) is 0 Å². The first-order valence-corrected chi connectivity index (χ1v) is 10.9. The van der Waals surface area contributed by atoms with Gasteiger partial charge in [0.05, 0.1) is 10.8 Å². The minimum absolute atomic E-state index is 0.138. The summed E-state index contributed by atoms with van der Waals surface area (Å²) in [4.78, 5) is 25.9. The second-order valence-corrected chi connectivity index (χ2v) is 9.39. The fourth-order valence-corrected chi connectivity index (χ4v) is 5.49. The van der Waals surface area contributed by atoms with Crippen LogP contribution in [0.15, 0.2) is 29.2 Å². The van der Waals surface area contributed by atoms with Crippen molar-refractivity contribution in [3.63, 3.8) is 0 Å². The minimum Gasteiger partial charge on any atom is -0.481 e. The van der Waals surface area contributed by atoms with Gasteiger partial charge in [0.1, 0.15) is 0 Å². The van der Waals surface area contributed by atoms with Crippen molar-refractivity contribution >= 4 is 21.9 Å². The lowest BCUT2D eigenvalue weighted by Crippen LogP contribution is -2.45. The lowest BCUT2D eigenvalue weighted by Gasteiger charge is -2.35. The first-order valence-electron chi connectivity index (χ1n) is 9.43. The quantitative estimate of drug-likeness (QED) is 0.843. The summed E-state index contributed by atoms with van der Waals surface area (Å²) in [5.41, 5.74) is 0.328. The number of hydrogen-bond acceptors (Lipinski definition) is 4. The van der Waals surface area contributed by atoms with E-state index < -0.39 is 21.9 Å². The molecule has 1 aromatic carbocycles. The van der Waals surface area contributed by atoms with E-state index in [0.29, 0.717) is 38.2 Å². The highest BCUT2D eigenvalue weighted by Crippen LogP contribution is 2.26. The number of benzene rings is 1. The number of carbonyl (C=O) groups excluding carboxylic acids is 1. The molecule has 0 spiro atoms. The first-order chi connectivity index (χ1) is 12.8. The zero-order chi connectivity index (χ0) is 19.6. The second-order valence-electron chi connectivity index (χ2n) is 7.45. The van der Waals surface area contributed by atoms with E-state index >= 15 is 0 Å². The Labute approximate surface area is 160 Å². The molecule has 0 bridgehead atoms. The second kappa shape index (κ2) is 7.98. The van der Waals surface area contributed by atoms with Crippen molar-refractivity contribution in [2.45, 2.75) is 37.5 Å². The van der Waals surface area contributed by atoms with Gasteiger partial charge in [0, 0.05) is 31.7 Å². The standard InChI is InChI=1S/C19H26N2O5S/c1-14-13-20(11-8-17(14)19(23)24)18(22)15-6-5-7-16(12-15)27(25,26)21-9-3-2-4-10-21/h5-7,12,14,17H,2-4,8-11,13H2,1H3,(H,23,24). The van der Waals surface area contributed by atoms with E-state index in [1.807, 2.05) is 6.92 Å². The number of nitrogens with zero attached hydrogens (tertiary/aromatic N) is 2. The molecule has 2 fully saturated rings. The number of sulfonamides is 1. The predicted octanol–water partition coefficient (Wildman–Crippen LogP) is 2.04. The highest BCUT2D eigenvalue weighted by molar-refractivity contribution is 7.89. The maximum absolute atomic E-state index is 12.8. The summed E-state index contributed by atoms with van der Waals surface area (Å²) < 4.78 is 27.2. The third-order valence-electron chi connectivity index (χ3n) is 5.54. The molecule has 2 heterocycles. The van der Waals surface area contributed by atoms with E-state index in [-0.39, 0.29) is 16.7 Å². The van der Waals surface area contributed by atoms with Gasteiger partial charge in [-0.2, -0.15) is 4.31 Å². The summed E-state index contributed by atoms with van der Waals surface area (Å²) in [6, 6.07) is 6.18. The van der Waals surface area contributed by atoms with E-state index in [1.165, 1.54) is 16.4 Å². The van der Waals surface area contributed by atoms with Crippen LogP contribution in [-0.4, -0.2) is 60.8 Å². The van der Waals surface area contributed by atoms with Crippen LogP contribution in [0.25, 0.3) is 0 Å². The Hall–Kier alpha value is -1.93. The summed E-state index contributed by atoms with van der Waals surface area (Å²) in [5.74, 6) is -1.66. The minimum atomic E-state index is -3.59. The van der Waals surface area contributed by atoms with Crippen LogP contribution in [0.3, 0.4) is 0 Å². The summed E-state index contributed by atoms with van der Waals surface area (Å²) in [5, 5.41) is 9.23. The maximum Gasteiger partial charge on any atom is 0.306 e.